The Labute approximate surface area is 274 Å². The summed E-state index contributed by atoms with van der Waals surface area (Å²) in [6, 6.07) is 0. The van der Waals surface area contributed by atoms with Gasteiger partial charge >= 0.3 is 23.9 Å². The van der Waals surface area contributed by atoms with Crippen molar-refractivity contribution >= 4 is 47.1 Å². The molecule has 264 valence electrons. The predicted molar refractivity (Wildman–Crippen MR) is 150 cm³/mol. The van der Waals surface area contributed by atoms with E-state index in [1.165, 1.54) is 25.7 Å². The predicted octanol–water partition coefficient (Wildman–Crippen LogP) is 4.55. The smallest absolute Gasteiger partial charge is 0.342 e. The van der Waals surface area contributed by atoms with E-state index in [1.54, 1.807) is 14.0 Å². The molecule has 4 rings (SSSR count). The van der Waals surface area contributed by atoms with Crippen LogP contribution >= 0.6 is 23.2 Å². The van der Waals surface area contributed by atoms with Gasteiger partial charge in [-0.15, -0.1) is 0 Å². The lowest BCUT2D eigenvalue weighted by molar-refractivity contribution is 0.0670. The number of hydrogen-bond donors (Lipinski definition) is 4. The van der Waals surface area contributed by atoms with Crippen LogP contribution in [0.1, 0.15) is 77.1 Å². The van der Waals surface area contributed by atoms with Crippen LogP contribution in [0.15, 0.2) is 0 Å². The van der Waals surface area contributed by atoms with Crippen molar-refractivity contribution in [3.05, 3.63) is 67.2 Å². The second kappa shape index (κ2) is 16.6. The van der Waals surface area contributed by atoms with Crippen molar-refractivity contribution in [1.29, 1.82) is 0 Å². The van der Waals surface area contributed by atoms with E-state index in [2.05, 4.69) is 20.4 Å². The van der Waals surface area contributed by atoms with Gasteiger partial charge in [-0.25, -0.2) is 46.1 Å². The SMILES string of the molecule is Cc1nn(C)c(Cl)c1C(=O)O.Cc1nn(C)c(F)c1C(=O)O.Cn1nc(C(F)F)c(C(=O)O)c1Cl.Cn1nc(C(F)F)c(C(=O)O)c1F. The van der Waals surface area contributed by atoms with Crippen molar-refractivity contribution in [2.45, 2.75) is 26.7 Å². The second-order valence-corrected chi connectivity index (χ2v) is 9.64. The molecule has 0 fully saturated rings. The lowest BCUT2D eigenvalue weighted by Gasteiger charge is -1.94. The Morgan fingerprint density at radius 2 is 0.833 bits per heavy atom. The number of rotatable bonds is 6. The number of aromatic nitrogens is 8. The van der Waals surface area contributed by atoms with Crippen LogP contribution in [0.3, 0.4) is 0 Å². The zero-order valence-electron chi connectivity index (χ0n) is 25.2. The maximum Gasteiger partial charge on any atom is 0.342 e. The lowest BCUT2D eigenvalue weighted by atomic mass is 10.2. The van der Waals surface area contributed by atoms with Gasteiger partial charge in [0.15, 0.2) is 0 Å². The fraction of sp³-hybridized carbons (Fsp3) is 0.333. The van der Waals surface area contributed by atoms with Gasteiger partial charge in [0, 0.05) is 28.2 Å². The second-order valence-electron chi connectivity index (χ2n) is 8.92. The summed E-state index contributed by atoms with van der Waals surface area (Å²) in [6.45, 7) is 3.06. The Balaban J connectivity index is 0.000000321. The first kappa shape index (κ1) is 40.9. The molecule has 0 aliphatic rings. The average Bonchev–Trinajstić information content (AvgIpc) is 3.61. The molecule has 4 heterocycles. The molecule has 4 aromatic heterocycles. The van der Waals surface area contributed by atoms with Gasteiger partial charge in [0.2, 0.25) is 11.9 Å². The van der Waals surface area contributed by atoms with Crippen LogP contribution in [0, 0.1) is 25.7 Å². The topological polar surface area (TPSA) is 220 Å². The molecule has 4 aromatic rings. The van der Waals surface area contributed by atoms with Crippen molar-refractivity contribution < 1.29 is 65.9 Å². The van der Waals surface area contributed by atoms with Gasteiger partial charge in [0.05, 0.1) is 11.4 Å². The van der Waals surface area contributed by atoms with Crippen molar-refractivity contribution in [2.75, 3.05) is 0 Å². The number of carbonyl (C=O) groups is 4. The van der Waals surface area contributed by atoms with Gasteiger partial charge in [0.1, 0.15) is 43.9 Å². The summed E-state index contributed by atoms with van der Waals surface area (Å²) in [6.07, 6.45) is -6.04. The van der Waals surface area contributed by atoms with Crippen molar-refractivity contribution in [3.8, 4) is 0 Å². The van der Waals surface area contributed by atoms with Crippen molar-refractivity contribution in [1.82, 2.24) is 39.1 Å². The Kier molecular flexibility index (Phi) is 14.2. The lowest BCUT2D eigenvalue weighted by Crippen LogP contribution is -2.03. The minimum Gasteiger partial charge on any atom is -0.478 e. The molecule has 0 aliphatic carbocycles. The number of hydrogen-bond acceptors (Lipinski definition) is 8. The zero-order chi connectivity index (χ0) is 37.5. The van der Waals surface area contributed by atoms with E-state index in [9.17, 15) is 45.5 Å². The molecule has 0 radical (unpaired) electrons. The molecule has 24 heteroatoms. The Hall–Kier alpha value is -5.12. The largest absolute Gasteiger partial charge is 0.478 e. The number of carboxylic acids is 4. The molecule has 0 spiro atoms. The molecule has 0 saturated heterocycles. The summed E-state index contributed by atoms with van der Waals surface area (Å²) >= 11 is 11.1. The fourth-order valence-corrected chi connectivity index (χ4v) is 3.96. The minimum absolute atomic E-state index is 0.0779. The minimum atomic E-state index is -3.10. The standard InChI is InChI=1S/C6H5ClF2N2O2.C6H7ClN2O2.C6H5F3N2O2.C6H7FN2O2/c1-11-4(7)2(6(12)13)3(10-11)5(8)9;1-3-4(6(10)11)5(7)9(2)8-3;1-11-5(9)2(6(12)13)3(10-11)4(7)8;1-3-4(6(10)11)5(7)9(2)8-3/h5H,1H3,(H,12,13);1-2H3,(H,10,11);4H,1H3,(H,12,13);1-2H3,(H,10,11). The Bertz CT molecular complexity index is 1710. The highest BCUT2D eigenvalue weighted by Crippen LogP contribution is 2.27. The highest BCUT2D eigenvalue weighted by atomic mass is 35.5. The molecule has 0 bridgehead atoms. The molecular weight excluding hydrogens is 713 g/mol. The number of aromatic carboxylic acids is 4. The number of nitrogens with zero attached hydrogens (tertiary/aromatic N) is 8. The quantitative estimate of drug-likeness (QED) is 0.200. The first-order valence-corrected chi connectivity index (χ1v) is 13.1. The van der Waals surface area contributed by atoms with Gasteiger partial charge in [-0.2, -0.15) is 29.2 Å². The number of halogens is 8. The summed E-state index contributed by atoms with van der Waals surface area (Å²) in [4.78, 5) is 41.7. The third kappa shape index (κ3) is 9.47. The van der Waals surface area contributed by atoms with E-state index in [0.29, 0.717) is 10.4 Å². The van der Waals surface area contributed by atoms with Gasteiger partial charge in [0.25, 0.3) is 12.9 Å². The van der Waals surface area contributed by atoms with Gasteiger partial charge in [-0.05, 0) is 13.8 Å². The third-order valence-electron chi connectivity index (χ3n) is 5.58. The van der Waals surface area contributed by atoms with E-state index >= 15 is 0 Å². The molecule has 4 N–H and O–H groups in total. The Morgan fingerprint density at radius 1 is 0.542 bits per heavy atom. The molecule has 0 aliphatic heterocycles. The molecule has 48 heavy (non-hydrogen) atoms. The van der Waals surface area contributed by atoms with Crippen LogP contribution in [0.4, 0.5) is 26.3 Å². The van der Waals surface area contributed by atoms with Crippen molar-refractivity contribution in [3.63, 3.8) is 0 Å². The van der Waals surface area contributed by atoms with E-state index in [-0.39, 0.29) is 27.1 Å². The number of alkyl halides is 4. The molecule has 16 nitrogen and oxygen atoms in total. The van der Waals surface area contributed by atoms with Crippen LogP contribution in [-0.4, -0.2) is 83.4 Å². The Morgan fingerprint density at radius 3 is 1.08 bits per heavy atom. The maximum atomic E-state index is 12.8. The molecule has 0 atom stereocenters. The van der Waals surface area contributed by atoms with Crippen LogP contribution < -0.4 is 0 Å². The van der Waals surface area contributed by atoms with Crippen molar-refractivity contribution in [2.24, 2.45) is 28.2 Å². The summed E-state index contributed by atoms with van der Waals surface area (Å²) in [5.41, 5.74) is -3.21. The summed E-state index contributed by atoms with van der Waals surface area (Å²) in [7, 11) is 5.30. The monoisotopic (exact) mass is 736 g/mol. The molecule has 0 amide bonds. The van der Waals surface area contributed by atoms with E-state index in [1.807, 2.05) is 0 Å². The average molecular weight is 737 g/mol. The molecule has 0 saturated carbocycles. The van der Waals surface area contributed by atoms with Crippen LogP contribution in [0.2, 0.25) is 10.3 Å². The fourth-order valence-electron chi connectivity index (χ4n) is 3.49. The highest BCUT2D eigenvalue weighted by Gasteiger charge is 2.28. The zero-order valence-corrected chi connectivity index (χ0v) is 26.7. The molecule has 0 aromatic carbocycles. The summed E-state index contributed by atoms with van der Waals surface area (Å²) in [5, 5.41) is 47.6. The molecular formula is C24H24Cl2F6N8O8. The maximum absolute atomic E-state index is 12.8. The first-order chi connectivity index (χ1) is 22.0. The van der Waals surface area contributed by atoms with E-state index in [0.717, 1.165) is 16.4 Å². The normalized spacial score (nSPS) is 10.5. The first-order valence-electron chi connectivity index (χ1n) is 12.3. The van der Waals surface area contributed by atoms with Crippen LogP contribution in [0.5, 0.6) is 0 Å². The van der Waals surface area contributed by atoms with Crippen LogP contribution in [0.25, 0.3) is 0 Å². The number of carboxylic acid groups (broad SMARTS) is 4. The van der Waals surface area contributed by atoms with Gasteiger partial charge in [-0.1, -0.05) is 23.2 Å². The van der Waals surface area contributed by atoms with E-state index < -0.39 is 71.1 Å². The van der Waals surface area contributed by atoms with Gasteiger partial charge in [-0.3, -0.25) is 9.36 Å². The number of aryl methyl sites for hydroxylation is 6. The molecule has 0 unspecified atom stereocenters. The summed E-state index contributed by atoms with van der Waals surface area (Å²) < 4.78 is 77.7. The van der Waals surface area contributed by atoms with Gasteiger partial charge < -0.3 is 20.4 Å². The summed E-state index contributed by atoms with van der Waals surface area (Å²) in [5.74, 6) is -7.67. The van der Waals surface area contributed by atoms with Crippen LogP contribution in [-0.2, 0) is 28.2 Å². The third-order valence-corrected chi connectivity index (χ3v) is 6.45. The van der Waals surface area contributed by atoms with E-state index in [4.69, 9.17) is 43.6 Å². The highest BCUT2D eigenvalue weighted by molar-refractivity contribution is 6.33.